The standard InChI is InChI=1S/C15H18N2/c1-3-11-8-9-15(17(11)2)13-10-16-14-7-5-4-6-12(13)14/h4-7,10-11H,3,8-9H2,1-2H3. The van der Waals surface area contributed by atoms with E-state index in [0.717, 1.165) is 5.69 Å². The predicted octanol–water partition coefficient (Wildman–Crippen LogP) is 3.62. The summed E-state index contributed by atoms with van der Waals surface area (Å²) in [5.74, 6) is 0. The molecule has 3 rings (SSSR count). The molecule has 1 fully saturated rings. The largest absolute Gasteiger partial charge is 0.374 e. The van der Waals surface area contributed by atoms with Crippen LogP contribution in [0.15, 0.2) is 35.0 Å². The third-order valence-corrected chi connectivity index (χ3v) is 4.00. The van der Waals surface area contributed by atoms with Gasteiger partial charge >= 0.3 is 0 Å². The molecular formula is C15H18N2. The number of hydrogen-bond acceptors (Lipinski definition) is 2. The minimum atomic E-state index is 0.707. The summed E-state index contributed by atoms with van der Waals surface area (Å²) < 4.78 is 0. The first-order chi connectivity index (χ1) is 8.31. The quantitative estimate of drug-likeness (QED) is 0.714. The van der Waals surface area contributed by atoms with Crippen molar-refractivity contribution in [1.82, 2.24) is 4.90 Å². The molecule has 2 nitrogen and oxygen atoms in total. The molecule has 1 atom stereocenters. The fourth-order valence-corrected chi connectivity index (χ4v) is 2.94. The van der Waals surface area contributed by atoms with Crippen molar-refractivity contribution in [3.8, 4) is 0 Å². The van der Waals surface area contributed by atoms with E-state index in [4.69, 9.17) is 0 Å². The van der Waals surface area contributed by atoms with Crippen LogP contribution in [0.3, 0.4) is 0 Å². The summed E-state index contributed by atoms with van der Waals surface area (Å²) in [7, 11) is 2.22. The van der Waals surface area contributed by atoms with Gasteiger partial charge in [-0.15, -0.1) is 0 Å². The molecule has 1 unspecified atom stereocenters. The van der Waals surface area contributed by atoms with Crippen LogP contribution in [0.2, 0.25) is 0 Å². The zero-order valence-corrected chi connectivity index (χ0v) is 10.5. The van der Waals surface area contributed by atoms with E-state index in [-0.39, 0.29) is 0 Å². The van der Waals surface area contributed by atoms with Crippen molar-refractivity contribution in [1.29, 1.82) is 0 Å². The van der Waals surface area contributed by atoms with Gasteiger partial charge in [-0.3, -0.25) is 4.99 Å². The third kappa shape index (κ3) is 1.59. The molecule has 17 heavy (non-hydrogen) atoms. The molecule has 0 spiro atoms. The minimum Gasteiger partial charge on any atom is -0.374 e. The average Bonchev–Trinajstić information content (AvgIpc) is 2.92. The van der Waals surface area contributed by atoms with Crippen molar-refractivity contribution < 1.29 is 0 Å². The van der Waals surface area contributed by atoms with Crippen LogP contribution >= 0.6 is 0 Å². The van der Waals surface area contributed by atoms with Gasteiger partial charge in [0.25, 0.3) is 0 Å². The monoisotopic (exact) mass is 226 g/mol. The Labute approximate surface area is 103 Å². The van der Waals surface area contributed by atoms with Crippen LogP contribution in [-0.4, -0.2) is 24.2 Å². The van der Waals surface area contributed by atoms with Crippen molar-refractivity contribution >= 4 is 17.5 Å². The first kappa shape index (κ1) is 10.6. The van der Waals surface area contributed by atoms with Gasteiger partial charge in [-0.05, 0) is 25.3 Å². The topological polar surface area (TPSA) is 15.6 Å². The molecule has 0 amide bonds. The third-order valence-electron chi connectivity index (χ3n) is 4.00. The van der Waals surface area contributed by atoms with Crippen LogP contribution in [0.25, 0.3) is 5.57 Å². The molecule has 0 aromatic heterocycles. The maximum atomic E-state index is 4.50. The highest BCUT2D eigenvalue weighted by atomic mass is 15.2. The Morgan fingerprint density at radius 2 is 2.18 bits per heavy atom. The molecule has 0 radical (unpaired) electrons. The van der Waals surface area contributed by atoms with Crippen LogP contribution in [0.5, 0.6) is 0 Å². The molecule has 0 saturated carbocycles. The second-order valence-electron chi connectivity index (χ2n) is 4.85. The van der Waals surface area contributed by atoms with E-state index in [1.165, 1.54) is 36.1 Å². The summed E-state index contributed by atoms with van der Waals surface area (Å²) in [6, 6.07) is 9.12. The molecule has 1 aromatic rings. The number of hydrogen-bond donors (Lipinski definition) is 0. The lowest BCUT2D eigenvalue weighted by Gasteiger charge is -2.22. The lowest BCUT2D eigenvalue weighted by Crippen LogP contribution is -2.23. The first-order valence-electron chi connectivity index (χ1n) is 6.40. The molecule has 2 heterocycles. The van der Waals surface area contributed by atoms with Crippen LogP contribution in [0, 0.1) is 0 Å². The van der Waals surface area contributed by atoms with Gasteiger partial charge in [0.2, 0.25) is 0 Å². The van der Waals surface area contributed by atoms with E-state index >= 15 is 0 Å². The molecule has 0 aliphatic carbocycles. The van der Waals surface area contributed by atoms with Crippen molar-refractivity contribution in [3.05, 3.63) is 35.5 Å². The lowest BCUT2D eigenvalue weighted by molar-refractivity contribution is 0.345. The van der Waals surface area contributed by atoms with Gasteiger partial charge in [0, 0.05) is 36.1 Å². The van der Waals surface area contributed by atoms with E-state index in [0.29, 0.717) is 6.04 Å². The summed E-state index contributed by atoms with van der Waals surface area (Å²) in [6.07, 6.45) is 5.73. The van der Waals surface area contributed by atoms with Crippen molar-refractivity contribution in [3.63, 3.8) is 0 Å². The van der Waals surface area contributed by atoms with Crippen LogP contribution in [0.1, 0.15) is 31.7 Å². The number of fused-ring (bicyclic) bond motifs is 1. The van der Waals surface area contributed by atoms with Gasteiger partial charge in [-0.1, -0.05) is 25.1 Å². The zero-order valence-electron chi connectivity index (χ0n) is 10.5. The zero-order chi connectivity index (χ0) is 11.8. The Morgan fingerprint density at radius 1 is 1.35 bits per heavy atom. The molecule has 2 aliphatic heterocycles. The lowest BCUT2D eigenvalue weighted by atomic mass is 10.0. The Morgan fingerprint density at radius 3 is 2.94 bits per heavy atom. The number of nitrogens with zero attached hydrogens (tertiary/aromatic N) is 2. The van der Waals surface area contributed by atoms with E-state index in [9.17, 15) is 0 Å². The van der Waals surface area contributed by atoms with Gasteiger partial charge in [0.1, 0.15) is 0 Å². The molecule has 0 bridgehead atoms. The number of rotatable bonds is 1. The summed E-state index contributed by atoms with van der Waals surface area (Å²) >= 11 is 0. The van der Waals surface area contributed by atoms with Crippen LogP contribution < -0.4 is 0 Å². The smallest absolute Gasteiger partial charge is 0.0709 e. The normalized spacial score (nSPS) is 26.7. The molecule has 1 aromatic carbocycles. The molecular weight excluding hydrogens is 208 g/mol. The molecule has 0 N–H and O–H groups in total. The van der Waals surface area contributed by atoms with Crippen LogP contribution in [0.4, 0.5) is 5.69 Å². The minimum absolute atomic E-state index is 0.707. The van der Waals surface area contributed by atoms with E-state index < -0.39 is 0 Å². The van der Waals surface area contributed by atoms with Gasteiger partial charge < -0.3 is 4.90 Å². The van der Waals surface area contributed by atoms with E-state index in [1.54, 1.807) is 0 Å². The highest BCUT2D eigenvalue weighted by molar-refractivity contribution is 6.17. The Balaban J connectivity index is 2.04. The molecule has 2 heteroatoms. The fraction of sp³-hybridized carbons (Fsp3) is 0.400. The molecule has 2 aliphatic rings. The summed E-state index contributed by atoms with van der Waals surface area (Å²) in [4.78, 5) is 6.95. The summed E-state index contributed by atoms with van der Waals surface area (Å²) in [5, 5.41) is 0. The summed E-state index contributed by atoms with van der Waals surface area (Å²) in [5.41, 5.74) is 5.21. The predicted molar refractivity (Wildman–Crippen MR) is 72.6 cm³/mol. The Hall–Kier alpha value is -1.57. The van der Waals surface area contributed by atoms with Gasteiger partial charge in [0.05, 0.1) is 5.69 Å². The van der Waals surface area contributed by atoms with E-state index in [1.807, 2.05) is 6.21 Å². The second-order valence-corrected chi connectivity index (χ2v) is 4.85. The Bertz CT molecular complexity index is 499. The second kappa shape index (κ2) is 4.02. The van der Waals surface area contributed by atoms with Crippen LogP contribution in [-0.2, 0) is 0 Å². The first-order valence-corrected chi connectivity index (χ1v) is 6.40. The SMILES string of the molecule is CCC1CCC(=C2C=Nc3ccccc32)N1C. The van der Waals surface area contributed by atoms with Gasteiger partial charge in [-0.25, -0.2) is 0 Å². The number of allylic oxidation sites excluding steroid dienone is 2. The fourth-order valence-electron chi connectivity index (χ4n) is 2.94. The highest BCUT2D eigenvalue weighted by Gasteiger charge is 2.27. The molecule has 1 saturated heterocycles. The van der Waals surface area contributed by atoms with Crippen molar-refractivity contribution in [2.45, 2.75) is 32.2 Å². The van der Waals surface area contributed by atoms with Crippen molar-refractivity contribution in [2.75, 3.05) is 7.05 Å². The maximum absolute atomic E-state index is 4.50. The maximum Gasteiger partial charge on any atom is 0.0709 e. The van der Waals surface area contributed by atoms with E-state index in [2.05, 4.69) is 48.1 Å². The highest BCUT2D eigenvalue weighted by Crippen LogP contribution is 2.38. The number of para-hydroxylation sites is 1. The Kier molecular flexibility index (Phi) is 2.50. The number of aliphatic imine (C=N–C) groups is 1. The van der Waals surface area contributed by atoms with Gasteiger partial charge in [0.15, 0.2) is 0 Å². The number of likely N-dealkylation sites (tertiary alicyclic amines) is 1. The number of benzene rings is 1. The summed E-state index contributed by atoms with van der Waals surface area (Å²) in [6.45, 7) is 2.27. The average molecular weight is 226 g/mol. The van der Waals surface area contributed by atoms with Crippen molar-refractivity contribution in [2.24, 2.45) is 4.99 Å². The molecule has 88 valence electrons. The van der Waals surface area contributed by atoms with Gasteiger partial charge in [-0.2, -0.15) is 0 Å².